The number of aromatic amines is 1. The summed E-state index contributed by atoms with van der Waals surface area (Å²) in [5.74, 6) is 0.515. The van der Waals surface area contributed by atoms with E-state index in [-0.39, 0.29) is 5.97 Å². The van der Waals surface area contributed by atoms with Crippen LogP contribution in [-0.2, 0) is 4.74 Å². The van der Waals surface area contributed by atoms with Crippen molar-refractivity contribution in [1.82, 2.24) is 9.97 Å². The maximum absolute atomic E-state index is 11.9. The van der Waals surface area contributed by atoms with Crippen molar-refractivity contribution in [3.63, 3.8) is 0 Å². The minimum atomic E-state index is -0.334. The van der Waals surface area contributed by atoms with E-state index in [4.69, 9.17) is 14.5 Å². The molecule has 0 aliphatic heterocycles. The van der Waals surface area contributed by atoms with Gasteiger partial charge in [0.1, 0.15) is 10.8 Å². The molecule has 0 saturated heterocycles. The lowest BCUT2D eigenvalue weighted by Crippen LogP contribution is -2.03. The van der Waals surface area contributed by atoms with Gasteiger partial charge in [-0.25, -0.2) is 9.78 Å². The lowest BCUT2D eigenvalue weighted by Gasteiger charge is -2.03. The van der Waals surface area contributed by atoms with Crippen LogP contribution >= 0.6 is 11.3 Å². The summed E-state index contributed by atoms with van der Waals surface area (Å²) in [5.41, 5.74) is 4.93. The molecule has 0 atom stereocenters. The number of rotatable bonds is 5. The molecule has 5 nitrogen and oxygen atoms in total. The molecule has 3 aromatic rings. The van der Waals surface area contributed by atoms with Gasteiger partial charge in [0.15, 0.2) is 0 Å². The summed E-state index contributed by atoms with van der Waals surface area (Å²) in [6, 6.07) is 7.89. The second kappa shape index (κ2) is 7.11. The number of nitrogens with one attached hydrogen (secondary N) is 1. The number of aromatic nitrogens is 2. The van der Waals surface area contributed by atoms with E-state index in [2.05, 4.69) is 4.98 Å². The Labute approximate surface area is 150 Å². The van der Waals surface area contributed by atoms with Crippen LogP contribution in [0.1, 0.15) is 28.5 Å². The normalized spacial score (nSPS) is 10.7. The fourth-order valence-corrected chi connectivity index (χ4v) is 3.61. The van der Waals surface area contributed by atoms with Crippen molar-refractivity contribution >= 4 is 17.3 Å². The average Bonchev–Trinajstić information content (AvgIpc) is 3.20. The third kappa shape index (κ3) is 3.30. The van der Waals surface area contributed by atoms with Crippen molar-refractivity contribution in [3.05, 3.63) is 46.5 Å². The Morgan fingerprint density at radius 2 is 1.96 bits per heavy atom. The molecular weight excluding hydrogens is 336 g/mol. The molecule has 0 aliphatic rings. The number of carbonyl (C=O) groups is 1. The van der Waals surface area contributed by atoms with Gasteiger partial charge in [0, 0.05) is 16.6 Å². The van der Waals surface area contributed by atoms with Crippen molar-refractivity contribution in [2.24, 2.45) is 0 Å². The van der Waals surface area contributed by atoms with Gasteiger partial charge in [-0.15, -0.1) is 11.3 Å². The molecule has 0 spiro atoms. The van der Waals surface area contributed by atoms with Crippen LogP contribution in [0.25, 0.3) is 22.0 Å². The molecular formula is C19H20N2O3S. The van der Waals surface area contributed by atoms with Gasteiger partial charge in [0.2, 0.25) is 0 Å². The maximum Gasteiger partial charge on any atom is 0.339 e. The van der Waals surface area contributed by atoms with E-state index in [1.807, 2.05) is 50.4 Å². The van der Waals surface area contributed by atoms with Crippen LogP contribution in [0.15, 0.2) is 29.6 Å². The van der Waals surface area contributed by atoms with Crippen LogP contribution in [0.5, 0.6) is 5.75 Å². The van der Waals surface area contributed by atoms with Crippen molar-refractivity contribution in [1.29, 1.82) is 0 Å². The topological polar surface area (TPSA) is 64.2 Å². The molecule has 130 valence electrons. The number of aryl methyl sites for hydroxylation is 1. The molecule has 2 aromatic heterocycles. The van der Waals surface area contributed by atoms with Gasteiger partial charge in [-0.1, -0.05) is 0 Å². The molecule has 1 N–H and O–H groups in total. The Morgan fingerprint density at radius 1 is 1.24 bits per heavy atom. The Hall–Kier alpha value is -2.60. The third-order valence-corrected chi connectivity index (χ3v) is 4.89. The first kappa shape index (κ1) is 17.2. The lowest BCUT2D eigenvalue weighted by atomic mass is 10.1. The second-order valence-electron chi connectivity index (χ2n) is 5.61. The number of esters is 1. The number of methoxy groups -OCH3 is 1. The predicted octanol–water partition coefficient (Wildman–Crippen LogP) is 4.61. The maximum atomic E-state index is 11.9. The van der Waals surface area contributed by atoms with Gasteiger partial charge >= 0.3 is 5.97 Å². The SMILES string of the molecule is CCOc1ccc(-c2nc(-c3[nH]c(C)c(C(=O)OC)c3C)cs2)cc1. The zero-order chi connectivity index (χ0) is 18.0. The first-order valence-corrected chi connectivity index (χ1v) is 8.89. The van der Waals surface area contributed by atoms with Crippen molar-refractivity contribution in [3.8, 4) is 27.7 Å². The van der Waals surface area contributed by atoms with E-state index in [1.54, 1.807) is 11.3 Å². The fraction of sp³-hybridized carbons (Fsp3) is 0.263. The highest BCUT2D eigenvalue weighted by atomic mass is 32.1. The minimum absolute atomic E-state index is 0.334. The van der Waals surface area contributed by atoms with Gasteiger partial charge in [0.25, 0.3) is 0 Å². The summed E-state index contributed by atoms with van der Waals surface area (Å²) in [6.07, 6.45) is 0. The Balaban J connectivity index is 1.93. The van der Waals surface area contributed by atoms with Gasteiger partial charge < -0.3 is 14.5 Å². The molecule has 6 heteroatoms. The Bertz CT molecular complexity index is 894. The zero-order valence-corrected chi connectivity index (χ0v) is 15.5. The number of hydrogen-bond acceptors (Lipinski definition) is 5. The summed E-state index contributed by atoms with van der Waals surface area (Å²) < 4.78 is 10.3. The van der Waals surface area contributed by atoms with Crippen LogP contribution in [-0.4, -0.2) is 29.7 Å². The van der Waals surface area contributed by atoms with E-state index in [9.17, 15) is 4.79 Å². The molecule has 0 aliphatic carbocycles. The number of ether oxygens (including phenoxy) is 2. The molecule has 0 radical (unpaired) electrons. The standard InChI is InChI=1S/C19H20N2O3S/c1-5-24-14-8-6-13(7-9-14)18-21-15(10-25-18)17-11(2)16(12(3)20-17)19(22)23-4/h6-10,20H,5H2,1-4H3. The number of thiazole rings is 1. The first-order chi connectivity index (χ1) is 12.0. The van der Waals surface area contributed by atoms with Gasteiger partial charge in [-0.2, -0.15) is 0 Å². The second-order valence-corrected chi connectivity index (χ2v) is 6.47. The van der Waals surface area contributed by atoms with E-state index in [1.165, 1.54) is 7.11 Å². The third-order valence-electron chi connectivity index (χ3n) is 4.00. The van der Waals surface area contributed by atoms with Gasteiger partial charge in [0.05, 0.1) is 30.7 Å². The summed E-state index contributed by atoms with van der Waals surface area (Å²) in [6.45, 7) is 6.38. The smallest absolute Gasteiger partial charge is 0.339 e. The van der Waals surface area contributed by atoms with E-state index in [0.717, 1.165) is 39.0 Å². The largest absolute Gasteiger partial charge is 0.494 e. The van der Waals surface area contributed by atoms with Crippen LogP contribution < -0.4 is 4.74 Å². The number of nitrogens with zero attached hydrogens (tertiary/aromatic N) is 1. The minimum Gasteiger partial charge on any atom is -0.494 e. The van der Waals surface area contributed by atoms with Crippen LogP contribution in [0.3, 0.4) is 0 Å². The molecule has 0 unspecified atom stereocenters. The fourth-order valence-electron chi connectivity index (χ4n) is 2.80. The highest BCUT2D eigenvalue weighted by Crippen LogP contribution is 2.33. The van der Waals surface area contributed by atoms with E-state index < -0.39 is 0 Å². The number of carbonyl (C=O) groups excluding carboxylic acids is 1. The highest BCUT2D eigenvalue weighted by Gasteiger charge is 2.21. The first-order valence-electron chi connectivity index (χ1n) is 8.01. The quantitative estimate of drug-likeness (QED) is 0.678. The summed E-state index contributed by atoms with van der Waals surface area (Å²) in [4.78, 5) is 19.9. The van der Waals surface area contributed by atoms with Crippen molar-refractivity contribution in [2.45, 2.75) is 20.8 Å². The molecule has 0 fully saturated rings. The van der Waals surface area contributed by atoms with E-state index >= 15 is 0 Å². The summed E-state index contributed by atoms with van der Waals surface area (Å²) in [5, 5.41) is 2.91. The average molecular weight is 356 g/mol. The Kier molecular flexibility index (Phi) is 4.90. The molecule has 0 bridgehead atoms. The van der Waals surface area contributed by atoms with Crippen molar-refractivity contribution < 1.29 is 14.3 Å². The monoisotopic (exact) mass is 356 g/mol. The molecule has 3 rings (SSSR count). The highest BCUT2D eigenvalue weighted by molar-refractivity contribution is 7.13. The Morgan fingerprint density at radius 3 is 2.60 bits per heavy atom. The lowest BCUT2D eigenvalue weighted by molar-refractivity contribution is 0.0599. The number of H-pyrrole nitrogens is 1. The van der Waals surface area contributed by atoms with Gasteiger partial charge in [-0.3, -0.25) is 0 Å². The molecule has 25 heavy (non-hydrogen) atoms. The van der Waals surface area contributed by atoms with Gasteiger partial charge in [-0.05, 0) is 50.6 Å². The molecule has 2 heterocycles. The van der Waals surface area contributed by atoms with Crippen LogP contribution in [0.2, 0.25) is 0 Å². The van der Waals surface area contributed by atoms with Crippen LogP contribution in [0, 0.1) is 13.8 Å². The summed E-state index contributed by atoms with van der Waals surface area (Å²) in [7, 11) is 1.39. The summed E-state index contributed by atoms with van der Waals surface area (Å²) >= 11 is 1.57. The predicted molar refractivity (Wildman–Crippen MR) is 99.3 cm³/mol. The van der Waals surface area contributed by atoms with Crippen molar-refractivity contribution in [2.75, 3.05) is 13.7 Å². The van der Waals surface area contributed by atoms with E-state index in [0.29, 0.717) is 12.2 Å². The van der Waals surface area contributed by atoms with Crippen LogP contribution in [0.4, 0.5) is 0 Å². The zero-order valence-electron chi connectivity index (χ0n) is 14.7. The molecule has 1 aromatic carbocycles. The molecule has 0 saturated carbocycles. The number of hydrogen-bond donors (Lipinski definition) is 1. The molecule has 0 amide bonds. The number of benzene rings is 1.